The second-order valence-electron chi connectivity index (χ2n) is 8.83. The van der Waals surface area contributed by atoms with Crippen molar-refractivity contribution in [2.45, 2.75) is 117 Å². The van der Waals surface area contributed by atoms with Crippen LogP contribution in [0.2, 0.25) is 0 Å². The predicted octanol–water partition coefficient (Wildman–Crippen LogP) is 7.26. The first-order chi connectivity index (χ1) is 14.2. The summed E-state index contributed by atoms with van der Waals surface area (Å²) < 4.78 is 6.86. The lowest BCUT2D eigenvalue weighted by molar-refractivity contribution is -0.933. The van der Waals surface area contributed by atoms with E-state index in [1.165, 1.54) is 139 Å². The van der Waals surface area contributed by atoms with Crippen LogP contribution in [0.4, 0.5) is 0 Å². The van der Waals surface area contributed by atoms with Gasteiger partial charge < -0.3 is 14.4 Å². The smallest absolute Gasteiger partial charge is 0.152 e. The van der Waals surface area contributed by atoms with E-state index in [0.29, 0.717) is 0 Å². The third kappa shape index (κ3) is 17.9. The summed E-state index contributed by atoms with van der Waals surface area (Å²) in [6.07, 6.45) is 23.4. The zero-order valence-corrected chi connectivity index (χ0v) is 19.7. The molecule has 5 nitrogen and oxygen atoms in total. The fourth-order valence-electron chi connectivity index (χ4n) is 4.42. The molecule has 0 aromatic rings. The van der Waals surface area contributed by atoms with E-state index in [1.807, 2.05) is 0 Å². The highest BCUT2D eigenvalue weighted by Crippen LogP contribution is 2.16. The number of ether oxygens (including phenoxy) is 1. The van der Waals surface area contributed by atoms with Crippen molar-refractivity contribution >= 4 is 0 Å². The van der Waals surface area contributed by atoms with Crippen molar-refractivity contribution in [3.05, 3.63) is 4.91 Å². The number of hydrogen-bond acceptors (Lipinski definition) is 3. The van der Waals surface area contributed by atoms with Crippen LogP contribution in [0.25, 0.3) is 0 Å². The van der Waals surface area contributed by atoms with Gasteiger partial charge in [0.1, 0.15) is 13.1 Å². The van der Waals surface area contributed by atoms with Gasteiger partial charge in [-0.3, -0.25) is 0 Å². The predicted molar refractivity (Wildman–Crippen MR) is 123 cm³/mol. The van der Waals surface area contributed by atoms with Crippen molar-refractivity contribution in [2.75, 3.05) is 39.4 Å². The van der Waals surface area contributed by atoms with E-state index in [9.17, 15) is 0 Å². The summed E-state index contributed by atoms with van der Waals surface area (Å²) in [7, 11) is 0. The van der Waals surface area contributed by atoms with E-state index < -0.39 is 0 Å². The van der Waals surface area contributed by atoms with Gasteiger partial charge in [-0.25, -0.2) is 0 Å². The van der Waals surface area contributed by atoms with Crippen molar-refractivity contribution in [1.82, 2.24) is 0 Å². The molecule has 0 amide bonds. The third-order valence-corrected chi connectivity index (χ3v) is 6.58. The van der Waals surface area contributed by atoms with Crippen molar-refractivity contribution in [1.29, 1.82) is 0 Å². The molecule has 1 heterocycles. The van der Waals surface area contributed by atoms with Crippen LogP contribution >= 0.6 is 0 Å². The summed E-state index contributed by atoms with van der Waals surface area (Å²) in [5, 5.41) is 7.89. The summed E-state index contributed by atoms with van der Waals surface area (Å²) in [5.41, 5.74) is 0. The summed E-state index contributed by atoms with van der Waals surface area (Å²) in [6.45, 7) is 11.8. The second kappa shape index (κ2) is 22.0. The van der Waals surface area contributed by atoms with Gasteiger partial charge in [0, 0.05) is 0 Å². The molecular weight excluding hydrogens is 364 g/mol. The van der Waals surface area contributed by atoms with Crippen LogP contribution in [0, 0.1) is 4.91 Å². The highest BCUT2D eigenvalue weighted by atomic mass is 16.6. The zero-order chi connectivity index (χ0) is 21.5. The average Bonchev–Trinajstić information content (AvgIpc) is 2.74. The van der Waals surface area contributed by atoms with Gasteiger partial charge in [-0.1, -0.05) is 96.8 Å². The maximum Gasteiger partial charge on any atom is 0.152 e. The average molecular weight is 416 g/mol. The van der Waals surface area contributed by atoms with Gasteiger partial charge >= 0.3 is 0 Å². The van der Waals surface area contributed by atoms with E-state index in [0.717, 1.165) is 13.2 Å². The molecular formula is C24H51N2O3+. The van der Waals surface area contributed by atoms with Crippen molar-refractivity contribution < 1.29 is 14.4 Å². The molecule has 1 fully saturated rings. The molecule has 0 spiro atoms. The fraction of sp³-hybridized carbons (Fsp3) is 1.00. The van der Waals surface area contributed by atoms with Gasteiger partial charge in [-0.15, -0.1) is 4.91 Å². The second-order valence-corrected chi connectivity index (χ2v) is 8.83. The van der Waals surface area contributed by atoms with Crippen LogP contribution < -0.4 is 0 Å². The first-order valence-electron chi connectivity index (χ1n) is 12.6. The molecule has 0 radical (unpaired) electrons. The maximum atomic E-state index is 8.11. The summed E-state index contributed by atoms with van der Waals surface area (Å²) in [5.74, 6) is 0. The Bertz CT molecular complexity index is 334. The third-order valence-electron chi connectivity index (χ3n) is 6.58. The SMILES string of the molecule is CCCCCCCCCCCCCCCCCC[N+]1(CC)CCOCC1.O=NO. The number of nitrogens with zero attached hydrogens (tertiary/aromatic N) is 2. The Balaban J connectivity index is 0.00000245. The molecule has 1 N–H and O–H groups in total. The molecule has 1 rings (SSSR count). The number of unbranched alkanes of at least 4 members (excludes halogenated alkanes) is 15. The van der Waals surface area contributed by atoms with Crippen molar-refractivity contribution in [2.24, 2.45) is 5.34 Å². The first kappa shape index (κ1) is 28.3. The molecule has 0 unspecified atom stereocenters. The molecule has 0 bridgehead atoms. The number of hydrogen-bond donors (Lipinski definition) is 1. The van der Waals surface area contributed by atoms with E-state index >= 15 is 0 Å². The summed E-state index contributed by atoms with van der Waals surface area (Å²) >= 11 is 0. The van der Waals surface area contributed by atoms with Crippen molar-refractivity contribution in [3.63, 3.8) is 0 Å². The van der Waals surface area contributed by atoms with Crippen LogP contribution in [-0.4, -0.2) is 49.1 Å². The number of likely N-dealkylation sites (N-methyl/N-ethyl adjacent to an activating group) is 1. The lowest BCUT2D eigenvalue weighted by Crippen LogP contribution is -2.55. The molecule has 5 heteroatoms. The molecule has 174 valence electrons. The Morgan fingerprint density at radius 1 is 0.690 bits per heavy atom. The monoisotopic (exact) mass is 415 g/mol. The Morgan fingerprint density at radius 3 is 1.38 bits per heavy atom. The Hall–Kier alpha value is -0.680. The minimum Gasteiger partial charge on any atom is -0.379 e. The molecule has 0 aromatic carbocycles. The lowest BCUT2D eigenvalue weighted by Gasteiger charge is -2.40. The molecule has 0 saturated carbocycles. The Morgan fingerprint density at radius 2 is 1.03 bits per heavy atom. The maximum absolute atomic E-state index is 8.11. The molecule has 29 heavy (non-hydrogen) atoms. The number of rotatable bonds is 18. The van der Waals surface area contributed by atoms with Gasteiger partial charge in [-0.05, 0) is 19.8 Å². The van der Waals surface area contributed by atoms with E-state index in [4.69, 9.17) is 14.9 Å². The van der Waals surface area contributed by atoms with Crippen molar-refractivity contribution in [3.8, 4) is 0 Å². The van der Waals surface area contributed by atoms with E-state index in [1.54, 1.807) is 0 Å². The largest absolute Gasteiger partial charge is 0.379 e. The molecule has 1 aliphatic rings. The van der Waals surface area contributed by atoms with Crippen LogP contribution in [0.15, 0.2) is 5.34 Å². The number of morpholine rings is 1. The summed E-state index contributed by atoms with van der Waals surface area (Å²) in [4.78, 5) is 8.11. The highest BCUT2D eigenvalue weighted by Gasteiger charge is 2.27. The van der Waals surface area contributed by atoms with E-state index in [-0.39, 0.29) is 0 Å². The van der Waals surface area contributed by atoms with Crippen LogP contribution in [0.1, 0.15) is 117 Å². The van der Waals surface area contributed by atoms with Crippen LogP contribution in [0.5, 0.6) is 0 Å². The van der Waals surface area contributed by atoms with Gasteiger partial charge in [0.2, 0.25) is 0 Å². The molecule has 0 aromatic heterocycles. The molecule has 0 atom stereocenters. The fourth-order valence-corrected chi connectivity index (χ4v) is 4.42. The van der Waals surface area contributed by atoms with E-state index in [2.05, 4.69) is 13.8 Å². The van der Waals surface area contributed by atoms with Gasteiger partial charge in [0.25, 0.3) is 0 Å². The minimum absolute atomic E-state index is 0.979. The highest BCUT2D eigenvalue weighted by molar-refractivity contribution is 4.52. The number of quaternary nitrogens is 1. The lowest BCUT2D eigenvalue weighted by atomic mass is 10.0. The Kier molecular flexibility index (Phi) is 21.5. The molecule has 0 aliphatic carbocycles. The first-order valence-corrected chi connectivity index (χ1v) is 12.6. The van der Waals surface area contributed by atoms with Gasteiger partial charge in [0.15, 0.2) is 5.34 Å². The Labute approximate surface area is 181 Å². The quantitative estimate of drug-likeness (QED) is 0.111. The van der Waals surface area contributed by atoms with Crippen LogP contribution in [0.3, 0.4) is 0 Å². The topological polar surface area (TPSA) is 58.9 Å². The normalized spacial score (nSPS) is 15.5. The van der Waals surface area contributed by atoms with Gasteiger partial charge in [0.05, 0.1) is 26.3 Å². The minimum atomic E-state index is 0.979. The zero-order valence-electron chi connectivity index (χ0n) is 19.7. The standard InChI is InChI=1S/C24H50NO.HNO2/c1-3-5-6-7-8-9-10-11-12-13-14-15-16-17-18-19-20-25(4-2)21-23-26-24-22-25;2-1-3/h3-24H2,1-2H3;(H,2,3)/q+1;. The molecule has 1 saturated heterocycles. The van der Waals surface area contributed by atoms with Gasteiger partial charge in [-0.2, -0.15) is 0 Å². The molecule has 1 aliphatic heterocycles. The van der Waals surface area contributed by atoms with Crippen LogP contribution in [-0.2, 0) is 4.74 Å². The summed E-state index contributed by atoms with van der Waals surface area (Å²) in [6, 6.07) is 0.